The molecule has 1 aliphatic rings. The van der Waals surface area contributed by atoms with E-state index < -0.39 is 5.97 Å². The topological polar surface area (TPSA) is 59.5 Å². The zero-order chi connectivity index (χ0) is 16.9. The molecule has 24 heavy (non-hydrogen) atoms. The first kappa shape index (κ1) is 16.6. The van der Waals surface area contributed by atoms with Crippen molar-refractivity contribution in [2.24, 2.45) is 0 Å². The van der Waals surface area contributed by atoms with Gasteiger partial charge in [-0.05, 0) is 50.8 Å². The van der Waals surface area contributed by atoms with Crippen molar-refractivity contribution in [3.63, 3.8) is 0 Å². The minimum absolute atomic E-state index is 0.169. The summed E-state index contributed by atoms with van der Waals surface area (Å²) in [5.41, 5.74) is 4.09. The summed E-state index contributed by atoms with van der Waals surface area (Å²) in [6.45, 7) is 2.30. The second-order valence-electron chi connectivity index (χ2n) is 5.69. The monoisotopic (exact) mass is 344 g/mol. The van der Waals surface area contributed by atoms with Gasteiger partial charge < -0.3 is 9.64 Å². The molecule has 2 aromatic rings. The Labute approximate surface area is 144 Å². The molecule has 3 rings (SSSR count). The van der Waals surface area contributed by atoms with E-state index in [9.17, 15) is 9.59 Å². The lowest BCUT2D eigenvalue weighted by molar-refractivity contribution is -0.132. The largest absolute Gasteiger partial charge is 0.452 e. The van der Waals surface area contributed by atoms with Gasteiger partial charge in [0.25, 0.3) is 5.91 Å². The van der Waals surface area contributed by atoms with E-state index in [-0.39, 0.29) is 12.5 Å². The van der Waals surface area contributed by atoms with Crippen molar-refractivity contribution < 1.29 is 14.3 Å². The van der Waals surface area contributed by atoms with Crippen LogP contribution < -0.4 is 0 Å². The number of esters is 1. The third kappa shape index (κ3) is 3.64. The molecule has 0 aliphatic heterocycles. The molecule has 0 atom stereocenters. The van der Waals surface area contributed by atoms with E-state index in [4.69, 9.17) is 4.74 Å². The average Bonchev–Trinajstić information content (AvgIpc) is 3.09. The van der Waals surface area contributed by atoms with Crippen molar-refractivity contribution in [3.05, 3.63) is 41.0 Å². The molecular formula is C18H20N2O3S. The second-order valence-corrected chi connectivity index (χ2v) is 6.58. The van der Waals surface area contributed by atoms with Crippen LogP contribution in [0.1, 0.15) is 43.0 Å². The van der Waals surface area contributed by atoms with Gasteiger partial charge in [0.1, 0.15) is 0 Å². The Morgan fingerprint density at radius 3 is 2.96 bits per heavy atom. The first-order valence-electron chi connectivity index (χ1n) is 8.19. The van der Waals surface area contributed by atoms with Crippen molar-refractivity contribution in [3.8, 4) is 0 Å². The molecule has 0 saturated carbocycles. The lowest BCUT2D eigenvalue weighted by Crippen LogP contribution is -2.34. The normalized spacial score (nSPS) is 14.3. The van der Waals surface area contributed by atoms with Gasteiger partial charge in [-0.2, -0.15) is 0 Å². The van der Waals surface area contributed by atoms with Crippen molar-refractivity contribution in [1.82, 2.24) is 9.88 Å². The van der Waals surface area contributed by atoms with Crippen LogP contribution >= 0.6 is 11.3 Å². The Hall–Kier alpha value is -2.21. The number of thiazole rings is 1. The van der Waals surface area contributed by atoms with Gasteiger partial charge in [-0.1, -0.05) is 6.08 Å². The SMILES string of the molecule is CCN(C(=O)COC(=O)c1ccc2ncsc2c1)C1=CCCCC1. The number of nitrogens with zero attached hydrogens (tertiary/aromatic N) is 2. The third-order valence-corrected chi connectivity index (χ3v) is 4.92. The molecule has 0 radical (unpaired) electrons. The fourth-order valence-electron chi connectivity index (χ4n) is 2.88. The number of rotatable bonds is 5. The predicted octanol–water partition coefficient (Wildman–Crippen LogP) is 3.76. The third-order valence-electron chi connectivity index (χ3n) is 4.12. The molecule has 1 amide bonds. The summed E-state index contributed by atoms with van der Waals surface area (Å²) in [7, 11) is 0. The van der Waals surface area contributed by atoms with E-state index in [2.05, 4.69) is 11.1 Å². The molecule has 0 spiro atoms. The molecule has 0 unspecified atom stereocenters. The first-order chi connectivity index (χ1) is 11.7. The van der Waals surface area contributed by atoms with Crippen LogP contribution in [0.2, 0.25) is 0 Å². The molecule has 126 valence electrons. The fraction of sp³-hybridized carbons (Fsp3) is 0.389. The molecule has 1 heterocycles. The van der Waals surface area contributed by atoms with Gasteiger partial charge in [-0.3, -0.25) is 4.79 Å². The molecule has 5 nitrogen and oxygen atoms in total. The van der Waals surface area contributed by atoms with Crippen molar-refractivity contribution in [1.29, 1.82) is 0 Å². The Kier molecular flexibility index (Phi) is 5.25. The smallest absolute Gasteiger partial charge is 0.338 e. The maximum absolute atomic E-state index is 12.4. The number of aromatic nitrogens is 1. The molecular weight excluding hydrogens is 324 g/mol. The summed E-state index contributed by atoms with van der Waals surface area (Å²) < 4.78 is 6.14. The van der Waals surface area contributed by atoms with Gasteiger partial charge in [0.05, 0.1) is 21.3 Å². The Morgan fingerprint density at radius 2 is 2.21 bits per heavy atom. The molecule has 1 aliphatic carbocycles. The van der Waals surface area contributed by atoms with E-state index in [1.165, 1.54) is 17.8 Å². The molecule has 1 aromatic heterocycles. The van der Waals surface area contributed by atoms with Crippen molar-refractivity contribution in [2.45, 2.75) is 32.6 Å². The summed E-state index contributed by atoms with van der Waals surface area (Å²) >= 11 is 1.47. The number of amides is 1. The predicted molar refractivity (Wildman–Crippen MR) is 93.8 cm³/mol. The van der Waals surface area contributed by atoms with E-state index in [1.54, 1.807) is 28.6 Å². The maximum atomic E-state index is 12.4. The number of carbonyl (C=O) groups excluding carboxylic acids is 2. The second kappa shape index (κ2) is 7.57. The molecule has 0 fully saturated rings. The van der Waals surface area contributed by atoms with Crippen LogP contribution in [0.15, 0.2) is 35.5 Å². The average molecular weight is 344 g/mol. The number of hydrogen-bond donors (Lipinski definition) is 0. The van der Waals surface area contributed by atoms with E-state index in [1.807, 2.05) is 6.92 Å². The summed E-state index contributed by atoms with van der Waals surface area (Å²) in [6, 6.07) is 5.21. The van der Waals surface area contributed by atoms with Gasteiger partial charge in [0.15, 0.2) is 6.61 Å². The number of allylic oxidation sites excluding steroid dienone is 2. The fourth-order valence-corrected chi connectivity index (χ4v) is 3.59. The van der Waals surface area contributed by atoms with Gasteiger partial charge in [-0.25, -0.2) is 9.78 Å². The highest BCUT2D eigenvalue weighted by Crippen LogP contribution is 2.22. The highest BCUT2D eigenvalue weighted by Gasteiger charge is 2.19. The van der Waals surface area contributed by atoms with Crippen LogP contribution in [0.25, 0.3) is 10.2 Å². The molecule has 0 saturated heterocycles. The zero-order valence-corrected chi connectivity index (χ0v) is 14.5. The quantitative estimate of drug-likeness (QED) is 0.775. The summed E-state index contributed by atoms with van der Waals surface area (Å²) in [5.74, 6) is -0.648. The van der Waals surface area contributed by atoms with Crippen molar-refractivity contribution in [2.75, 3.05) is 13.2 Å². The Bertz CT molecular complexity index is 781. The Balaban J connectivity index is 1.62. The van der Waals surface area contributed by atoms with Gasteiger partial charge >= 0.3 is 5.97 Å². The molecule has 6 heteroatoms. The van der Waals surface area contributed by atoms with Crippen LogP contribution in [0.4, 0.5) is 0 Å². The summed E-state index contributed by atoms with van der Waals surface area (Å²) in [5, 5.41) is 0. The highest BCUT2D eigenvalue weighted by atomic mass is 32.1. The van der Waals surface area contributed by atoms with Crippen LogP contribution in [0.3, 0.4) is 0 Å². The number of ether oxygens (including phenoxy) is 1. The number of carbonyl (C=O) groups is 2. The summed E-state index contributed by atoms with van der Waals surface area (Å²) in [4.78, 5) is 30.5. The lowest BCUT2D eigenvalue weighted by Gasteiger charge is -2.26. The maximum Gasteiger partial charge on any atom is 0.338 e. The van der Waals surface area contributed by atoms with Crippen LogP contribution in [-0.2, 0) is 9.53 Å². The standard InChI is InChI=1S/C18H20N2O3S/c1-2-20(14-6-4-3-5-7-14)17(21)11-23-18(22)13-8-9-15-16(10-13)24-12-19-15/h6,8-10,12H,2-5,7,11H2,1H3. The van der Waals surface area contributed by atoms with Gasteiger partial charge in [0.2, 0.25) is 0 Å². The minimum Gasteiger partial charge on any atom is -0.452 e. The van der Waals surface area contributed by atoms with Crippen LogP contribution in [-0.4, -0.2) is 34.9 Å². The van der Waals surface area contributed by atoms with Crippen LogP contribution in [0.5, 0.6) is 0 Å². The zero-order valence-electron chi connectivity index (χ0n) is 13.7. The van der Waals surface area contributed by atoms with E-state index in [0.29, 0.717) is 12.1 Å². The minimum atomic E-state index is -0.479. The number of benzene rings is 1. The molecule has 0 bridgehead atoms. The van der Waals surface area contributed by atoms with Gasteiger partial charge in [-0.15, -0.1) is 11.3 Å². The molecule has 1 aromatic carbocycles. The van der Waals surface area contributed by atoms with Crippen molar-refractivity contribution >= 4 is 33.4 Å². The van der Waals surface area contributed by atoms with E-state index >= 15 is 0 Å². The highest BCUT2D eigenvalue weighted by molar-refractivity contribution is 7.16. The van der Waals surface area contributed by atoms with Gasteiger partial charge in [0, 0.05) is 12.2 Å². The van der Waals surface area contributed by atoms with E-state index in [0.717, 1.165) is 35.2 Å². The summed E-state index contributed by atoms with van der Waals surface area (Å²) in [6.07, 6.45) is 6.31. The number of likely N-dealkylation sites (N-methyl/N-ethyl adjacent to an activating group) is 1. The van der Waals surface area contributed by atoms with Crippen LogP contribution in [0, 0.1) is 0 Å². The number of hydrogen-bond acceptors (Lipinski definition) is 5. The first-order valence-corrected chi connectivity index (χ1v) is 9.06. The number of fused-ring (bicyclic) bond motifs is 1. The molecule has 0 N–H and O–H groups in total. The Morgan fingerprint density at radius 1 is 1.33 bits per heavy atom. The lowest BCUT2D eigenvalue weighted by atomic mass is 10.0.